The van der Waals surface area contributed by atoms with E-state index in [1.165, 1.54) is 13.2 Å². The molecule has 27 heavy (non-hydrogen) atoms. The highest BCUT2D eigenvalue weighted by atomic mass is 32.2. The summed E-state index contributed by atoms with van der Waals surface area (Å²) < 4.78 is 29.2. The Morgan fingerprint density at radius 3 is 2.67 bits per heavy atom. The quantitative estimate of drug-likeness (QED) is 0.579. The van der Waals surface area contributed by atoms with Crippen molar-refractivity contribution in [2.75, 3.05) is 19.3 Å². The largest absolute Gasteiger partial charge is 0.427 e. The van der Waals surface area contributed by atoms with Crippen LogP contribution >= 0.6 is 0 Å². The monoisotopic (exact) mass is 388 g/mol. The fourth-order valence-electron chi connectivity index (χ4n) is 3.53. The van der Waals surface area contributed by atoms with Crippen LogP contribution in [0.5, 0.6) is 5.75 Å². The van der Waals surface area contributed by atoms with Gasteiger partial charge in [-0.3, -0.25) is 14.7 Å². The molecule has 0 aliphatic carbocycles. The lowest BCUT2D eigenvalue weighted by Crippen LogP contribution is -2.34. The number of likely N-dealkylation sites (tertiary alicyclic amines) is 1. The molecular formula is C20H24N2O4S. The zero-order valence-corrected chi connectivity index (χ0v) is 16.4. The predicted octanol–water partition coefficient (Wildman–Crippen LogP) is 2.79. The molecule has 0 radical (unpaired) electrons. The van der Waals surface area contributed by atoms with E-state index in [-0.39, 0.29) is 11.9 Å². The molecular weight excluding hydrogens is 364 g/mol. The summed E-state index contributed by atoms with van der Waals surface area (Å²) in [6, 6.07) is 10.8. The Bertz CT molecular complexity index is 910. The minimum absolute atomic E-state index is 0.102. The van der Waals surface area contributed by atoms with Gasteiger partial charge in [0, 0.05) is 38.4 Å². The van der Waals surface area contributed by atoms with Crippen molar-refractivity contribution >= 4 is 15.8 Å². The third kappa shape index (κ3) is 5.14. The lowest BCUT2D eigenvalue weighted by atomic mass is 9.94. The molecule has 1 aliphatic rings. The first-order chi connectivity index (χ1) is 12.8. The second-order valence-electron chi connectivity index (χ2n) is 6.97. The van der Waals surface area contributed by atoms with E-state index in [1.807, 2.05) is 12.1 Å². The van der Waals surface area contributed by atoms with Crippen LogP contribution in [0.3, 0.4) is 0 Å². The first kappa shape index (κ1) is 19.5. The molecule has 1 atom stereocenters. The van der Waals surface area contributed by atoms with Gasteiger partial charge in [-0.1, -0.05) is 12.1 Å². The van der Waals surface area contributed by atoms with E-state index < -0.39 is 9.84 Å². The van der Waals surface area contributed by atoms with Gasteiger partial charge in [-0.25, -0.2) is 8.42 Å². The Kier molecular flexibility index (Phi) is 5.92. The van der Waals surface area contributed by atoms with E-state index in [2.05, 4.69) is 9.88 Å². The topological polar surface area (TPSA) is 76.6 Å². The number of ether oxygens (including phenoxy) is 1. The van der Waals surface area contributed by atoms with Crippen LogP contribution in [0, 0.1) is 0 Å². The van der Waals surface area contributed by atoms with Gasteiger partial charge in [0.25, 0.3) is 0 Å². The number of hydrogen-bond acceptors (Lipinski definition) is 6. The number of carbonyl (C=O) groups is 1. The summed E-state index contributed by atoms with van der Waals surface area (Å²) in [6.07, 6.45) is 4.83. The van der Waals surface area contributed by atoms with Crippen LogP contribution in [0.4, 0.5) is 0 Å². The molecule has 1 aliphatic heterocycles. The number of esters is 1. The summed E-state index contributed by atoms with van der Waals surface area (Å²) in [4.78, 5) is 18.1. The predicted molar refractivity (Wildman–Crippen MR) is 102 cm³/mol. The lowest BCUT2D eigenvalue weighted by Gasteiger charge is -2.33. The van der Waals surface area contributed by atoms with Crippen molar-refractivity contribution in [1.82, 2.24) is 9.88 Å². The number of carbonyl (C=O) groups excluding carboxylic acids is 1. The van der Waals surface area contributed by atoms with Crippen molar-refractivity contribution in [3.63, 3.8) is 0 Å². The summed E-state index contributed by atoms with van der Waals surface area (Å²) in [5.41, 5.74) is 1.80. The summed E-state index contributed by atoms with van der Waals surface area (Å²) in [7, 11) is -3.30. The Hall–Kier alpha value is -2.25. The summed E-state index contributed by atoms with van der Waals surface area (Å²) in [5, 5.41) is 0. The molecule has 0 bridgehead atoms. The van der Waals surface area contributed by atoms with Crippen LogP contribution in [0.15, 0.2) is 47.5 Å². The number of rotatable bonds is 5. The molecule has 0 spiro atoms. The van der Waals surface area contributed by atoms with E-state index in [0.717, 1.165) is 38.0 Å². The molecule has 0 saturated carbocycles. The average molecular weight is 388 g/mol. The maximum Gasteiger partial charge on any atom is 0.308 e. The minimum Gasteiger partial charge on any atom is -0.427 e. The third-order valence-electron chi connectivity index (χ3n) is 4.68. The smallest absolute Gasteiger partial charge is 0.308 e. The molecule has 1 unspecified atom stereocenters. The number of benzene rings is 1. The van der Waals surface area contributed by atoms with Crippen molar-refractivity contribution in [2.45, 2.75) is 37.1 Å². The van der Waals surface area contributed by atoms with Crippen molar-refractivity contribution in [2.24, 2.45) is 0 Å². The molecule has 3 rings (SSSR count). The number of nitrogens with zero attached hydrogens (tertiary/aromatic N) is 2. The maximum absolute atomic E-state index is 12.1. The van der Waals surface area contributed by atoms with Crippen LogP contribution in [-0.4, -0.2) is 43.6 Å². The van der Waals surface area contributed by atoms with Gasteiger partial charge in [0.15, 0.2) is 9.84 Å². The van der Waals surface area contributed by atoms with Crippen molar-refractivity contribution in [3.05, 3.63) is 53.9 Å². The molecule has 1 saturated heterocycles. The van der Waals surface area contributed by atoms with Gasteiger partial charge >= 0.3 is 5.97 Å². The van der Waals surface area contributed by atoms with Gasteiger partial charge in [-0.15, -0.1) is 0 Å². The zero-order valence-electron chi connectivity index (χ0n) is 15.6. The van der Waals surface area contributed by atoms with Crippen LogP contribution in [0.2, 0.25) is 0 Å². The molecule has 2 aromatic rings. The Morgan fingerprint density at radius 2 is 2.00 bits per heavy atom. The second-order valence-corrected chi connectivity index (χ2v) is 8.95. The van der Waals surface area contributed by atoms with E-state index in [4.69, 9.17) is 4.74 Å². The SMILES string of the molecule is CC(=O)Oc1ccc(CN2CCCC(c3ncccc3S(C)(=O)=O)C2)cc1. The maximum atomic E-state index is 12.1. The molecule has 144 valence electrons. The molecule has 1 aromatic heterocycles. The molecule has 1 fully saturated rings. The molecule has 2 heterocycles. The van der Waals surface area contributed by atoms with E-state index in [9.17, 15) is 13.2 Å². The van der Waals surface area contributed by atoms with Gasteiger partial charge in [0.05, 0.1) is 10.6 Å². The fraction of sp³-hybridized carbons (Fsp3) is 0.400. The third-order valence-corrected chi connectivity index (χ3v) is 5.83. The van der Waals surface area contributed by atoms with Crippen LogP contribution in [-0.2, 0) is 21.2 Å². The molecule has 0 N–H and O–H groups in total. The van der Waals surface area contributed by atoms with Crippen molar-refractivity contribution in [3.8, 4) is 5.75 Å². The van der Waals surface area contributed by atoms with Crippen LogP contribution in [0.25, 0.3) is 0 Å². The van der Waals surface area contributed by atoms with Gasteiger partial charge < -0.3 is 4.74 Å². The summed E-state index contributed by atoms with van der Waals surface area (Å²) in [6.45, 7) is 3.87. The van der Waals surface area contributed by atoms with Crippen LogP contribution in [0.1, 0.15) is 36.9 Å². The molecule has 0 amide bonds. The summed E-state index contributed by atoms with van der Waals surface area (Å²) in [5.74, 6) is 0.303. The molecule has 7 heteroatoms. The van der Waals surface area contributed by atoms with Crippen molar-refractivity contribution in [1.29, 1.82) is 0 Å². The Balaban J connectivity index is 1.71. The highest BCUT2D eigenvalue weighted by Crippen LogP contribution is 2.30. The molecule has 6 nitrogen and oxygen atoms in total. The standard InChI is InChI=1S/C20H24N2O4S/c1-15(23)26-18-9-7-16(8-10-18)13-22-12-4-5-17(14-22)20-19(27(2,24)25)6-3-11-21-20/h3,6-11,17H,4-5,12-14H2,1-2H3. The van der Waals surface area contributed by atoms with E-state index >= 15 is 0 Å². The number of pyridine rings is 1. The van der Waals surface area contributed by atoms with Gasteiger partial charge in [-0.05, 0) is 49.2 Å². The van der Waals surface area contributed by atoms with Crippen LogP contribution < -0.4 is 4.74 Å². The first-order valence-corrected chi connectivity index (χ1v) is 10.9. The molecule has 1 aromatic carbocycles. The fourth-order valence-corrected chi connectivity index (χ4v) is 4.46. The normalized spacial score (nSPS) is 18.2. The number of aromatic nitrogens is 1. The summed E-state index contributed by atoms with van der Waals surface area (Å²) >= 11 is 0. The second kappa shape index (κ2) is 8.19. The highest BCUT2D eigenvalue weighted by Gasteiger charge is 2.27. The number of hydrogen-bond donors (Lipinski definition) is 0. The van der Waals surface area contributed by atoms with Gasteiger partial charge in [-0.2, -0.15) is 0 Å². The van der Waals surface area contributed by atoms with Gasteiger partial charge in [0.2, 0.25) is 0 Å². The Morgan fingerprint density at radius 1 is 1.26 bits per heavy atom. The number of sulfone groups is 1. The van der Waals surface area contributed by atoms with Crippen molar-refractivity contribution < 1.29 is 17.9 Å². The number of piperidine rings is 1. The Labute approximate surface area is 160 Å². The average Bonchev–Trinajstić information content (AvgIpc) is 2.62. The van der Waals surface area contributed by atoms with E-state index in [0.29, 0.717) is 16.3 Å². The minimum atomic E-state index is -3.30. The van der Waals surface area contributed by atoms with Gasteiger partial charge in [0.1, 0.15) is 5.75 Å². The van der Waals surface area contributed by atoms with E-state index in [1.54, 1.807) is 30.5 Å². The lowest BCUT2D eigenvalue weighted by molar-refractivity contribution is -0.131. The highest BCUT2D eigenvalue weighted by molar-refractivity contribution is 7.90. The zero-order chi connectivity index (χ0) is 19.4. The first-order valence-electron chi connectivity index (χ1n) is 8.97.